The molecule has 1 N–H and O–H groups in total. The van der Waals surface area contributed by atoms with Gasteiger partial charge in [-0.15, -0.1) is 0 Å². The van der Waals surface area contributed by atoms with E-state index in [0.717, 1.165) is 5.92 Å². The van der Waals surface area contributed by atoms with E-state index in [1.54, 1.807) is 0 Å². The van der Waals surface area contributed by atoms with Gasteiger partial charge in [-0.1, -0.05) is 36.4 Å². The monoisotopic (exact) mass is 257 g/mol. The highest BCUT2D eigenvalue weighted by Crippen LogP contribution is 2.34. The van der Waals surface area contributed by atoms with E-state index >= 15 is 0 Å². The number of benzene rings is 2. The molecular weight excluding hydrogens is 238 g/mol. The summed E-state index contributed by atoms with van der Waals surface area (Å²) in [6.07, 6.45) is 1.34. The van der Waals surface area contributed by atoms with Crippen molar-refractivity contribution < 1.29 is 0 Å². The molecular formula is C16H19NS. The lowest BCUT2D eigenvalue weighted by atomic mass is 9.91. The zero-order chi connectivity index (χ0) is 12.4. The van der Waals surface area contributed by atoms with Crippen LogP contribution >= 0.6 is 11.8 Å². The Kier molecular flexibility index (Phi) is 3.57. The number of nitrogens with one attached hydrogen (secondary N) is 1. The van der Waals surface area contributed by atoms with Gasteiger partial charge in [0.2, 0.25) is 0 Å². The Bertz CT molecular complexity index is 531. The van der Waals surface area contributed by atoms with Crippen molar-refractivity contribution in [2.75, 3.05) is 18.6 Å². The Balaban J connectivity index is 1.96. The Morgan fingerprint density at radius 1 is 1.17 bits per heavy atom. The topological polar surface area (TPSA) is 12.0 Å². The van der Waals surface area contributed by atoms with E-state index in [4.69, 9.17) is 0 Å². The number of hydrogen-bond donors (Lipinski definition) is 1. The van der Waals surface area contributed by atoms with Crippen LogP contribution in [0.3, 0.4) is 0 Å². The molecule has 2 heteroatoms. The third-order valence-corrected chi connectivity index (χ3v) is 5.07. The molecule has 2 unspecified atom stereocenters. The predicted octanol–water partition coefficient (Wildman–Crippen LogP) is 3.85. The summed E-state index contributed by atoms with van der Waals surface area (Å²) in [6, 6.07) is 16.0. The molecule has 0 aromatic heterocycles. The van der Waals surface area contributed by atoms with E-state index < -0.39 is 0 Å². The van der Waals surface area contributed by atoms with Gasteiger partial charge in [0.05, 0.1) is 0 Å². The first-order chi connectivity index (χ1) is 8.88. The first-order valence-electron chi connectivity index (χ1n) is 6.62. The largest absolute Gasteiger partial charge is 0.313 e. The molecule has 0 saturated carbocycles. The van der Waals surface area contributed by atoms with Gasteiger partial charge >= 0.3 is 0 Å². The average molecular weight is 257 g/mol. The molecule has 1 aliphatic heterocycles. The molecule has 18 heavy (non-hydrogen) atoms. The van der Waals surface area contributed by atoms with Gasteiger partial charge < -0.3 is 5.32 Å². The molecule has 1 fully saturated rings. The van der Waals surface area contributed by atoms with Crippen LogP contribution in [-0.4, -0.2) is 18.6 Å². The highest BCUT2D eigenvalue weighted by atomic mass is 32.2. The minimum Gasteiger partial charge on any atom is -0.313 e. The fraction of sp³-hybridized carbons (Fsp3) is 0.375. The van der Waals surface area contributed by atoms with Crippen molar-refractivity contribution in [1.82, 2.24) is 5.32 Å². The Hall–Kier alpha value is -0.990. The van der Waals surface area contributed by atoms with Gasteiger partial charge in [0.25, 0.3) is 0 Å². The molecule has 1 nitrogen and oxygen atoms in total. The lowest BCUT2D eigenvalue weighted by molar-refractivity contribution is 0.420. The van der Waals surface area contributed by atoms with Crippen molar-refractivity contribution >= 4 is 22.5 Å². The predicted molar refractivity (Wildman–Crippen MR) is 81.2 cm³/mol. The summed E-state index contributed by atoms with van der Waals surface area (Å²) in [7, 11) is 2.09. The molecule has 2 aromatic carbocycles. The summed E-state index contributed by atoms with van der Waals surface area (Å²) in [5.74, 6) is 3.38. The molecule has 94 valence electrons. The maximum absolute atomic E-state index is 3.51. The lowest BCUT2D eigenvalue weighted by Crippen LogP contribution is -2.25. The standard InChI is InChI=1S/C16H19NS/c1-17-16(15-8-9-18-11-15)14-7-6-12-4-2-3-5-13(12)10-14/h2-7,10,15-17H,8-9,11H2,1H3. The van der Waals surface area contributed by atoms with Gasteiger partial charge in [-0.25, -0.2) is 0 Å². The number of rotatable bonds is 3. The van der Waals surface area contributed by atoms with E-state index in [0.29, 0.717) is 6.04 Å². The van der Waals surface area contributed by atoms with Gasteiger partial charge in [0, 0.05) is 6.04 Å². The minimum absolute atomic E-state index is 0.504. The van der Waals surface area contributed by atoms with E-state index in [9.17, 15) is 0 Å². The number of fused-ring (bicyclic) bond motifs is 1. The number of hydrogen-bond acceptors (Lipinski definition) is 2. The SMILES string of the molecule is CNC(c1ccc2ccccc2c1)C1CCSC1. The van der Waals surface area contributed by atoms with E-state index in [1.807, 2.05) is 0 Å². The second-order valence-corrected chi connectivity index (χ2v) is 6.15. The Morgan fingerprint density at radius 3 is 2.72 bits per heavy atom. The molecule has 0 aliphatic carbocycles. The highest BCUT2D eigenvalue weighted by Gasteiger charge is 2.25. The van der Waals surface area contributed by atoms with Crippen molar-refractivity contribution in [2.24, 2.45) is 5.92 Å². The summed E-state index contributed by atoms with van der Waals surface area (Å²) in [6.45, 7) is 0. The van der Waals surface area contributed by atoms with Crippen LogP contribution in [0.15, 0.2) is 42.5 Å². The van der Waals surface area contributed by atoms with Gasteiger partial charge in [-0.05, 0) is 53.3 Å². The zero-order valence-electron chi connectivity index (χ0n) is 10.7. The van der Waals surface area contributed by atoms with Crippen molar-refractivity contribution in [3.63, 3.8) is 0 Å². The van der Waals surface area contributed by atoms with Crippen LogP contribution in [0.5, 0.6) is 0 Å². The van der Waals surface area contributed by atoms with E-state index in [1.165, 1.54) is 34.3 Å². The Labute approximate surface area is 113 Å². The summed E-state index contributed by atoms with van der Waals surface area (Å²) in [4.78, 5) is 0. The highest BCUT2D eigenvalue weighted by molar-refractivity contribution is 7.99. The van der Waals surface area contributed by atoms with Crippen LogP contribution in [0, 0.1) is 5.92 Å². The summed E-state index contributed by atoms with van der Waals surface area (Å²) in [5.41, 5.74) is 1.43. The molecule has 2 aromatic rings. The second-order valence-electron chi connectivity index (χ2n) is 5.00. The van der Waals surface area contributed by atoms with E-state index in [2.05, 4.69) is 66.6 Å². The van der Waals surface area contributed by atoms with Crippen molar-refractivity contribution in [3.8, 4) is 0 Å². The van der Waals surface area contributed by atoms with Crippen LogP contribution in [0.25, 0.3) is 10.8 Å². The first kappa shape index (κ1) is 12.1. The fourth-order valence-corrected chi connectivity index (χ4v) is 4.19. The third-order valence-electron chi connectivity index (χ3n) is 3.88. The number of thioether (sulfide) groups is 1. The summed E-state index contributed by atoms with van der Waals surface area (Å²) >= 11 is 2.08. The summed E-state index contributed by atoms with van der Waals surface area (Å²) in [5, 5.41) is 6.19. The van der Waals surface area contributed by atoms with Crippen LogP contribution in [0.2, 0.25) is 0 Å². The zero-order valence-corrected chi connectivity index (χ0v) is 11.5. The van der Waals surface area contributed by atoms with Gasteiger partial charge in [-0.2, -0.15) is 11.8 Å². The lowest BCUT2D eigenvalue weighted by Gasteiger charge is -2.23. The maximum atomic E-state index is 3.51. The van der Waals surface area contributed by atoms with Crippen LogP contribution in [0.4, 0.5) is 0 Å². The molecule has 0 radical (unpaired) electrons. The molecule has 1 saturated heterocycles. The minimum atomic E-state index is 0.504. The van der Waals surface area contributed by atoms with Crippen molar-refractivity contribution in [2.45, 2.75) is 12.5 Å². The van der Waals surface area contributed by atoms with Gasteiger partial charge in [-0.3, -0.25) is 0 Å². The molecule has 0 spiro atoms. The molecule has 0 amide bonds. The molecule has 3 rings (SSSR count). The smallest absolute Gasteiger partial charge is 0.0354 e. The maximum Gasteiger partial charge on any atom is 0.0354 e. The summed E-state index contributed by atoms with van der Waals surface area (Å²) < 4.78 is 0. The van der Waals surface area contributed by atoms with E-state index in [-0.39, 0.29) is 0 Å². The van der Waals surface area contributed by atoms with Crippen molar-refractivity contribution in [1.29, 1.82) is 0 Å². The van der Waals surface area contributed by atoms with Crippen LogP contribution in [-0.2, 0) is 0 Å². The molecule has 0 bridgehead atoms. The normalized spacial score (nSPS) is 21.3. The average Bonchev–Trinajstić information content (AvgIpc) is 2.93. The van der Waals surface area contributed by atoms with Crippen LogP contribution < -0.4 is 5.32 Å². The van der Waals surface area contributed by atoms with Crippen molar-refractivity contribution in [3.05, 3.63) is 48.0 Å². The third kappa shape index (κ3) is 2.27. The van der Waals surface area contributed by atoms with Gasteiger partial charge in [0.1, 0.15) is 0 Å². The Morgan fingerprint density at radius 2 is 2.00 bits per heavy atom. The molecule has 1 aliphatic rings. The molecule has 2 atom stereocenters. The quantitative estimate of drug-likeness (QED) is 0.896. The fourth-order valence-electron chi connectivity index (χ4n) is 2.89. The molecule has 1 heterocycles. The van der Waals surface area contributed by atoms with Crippen LogP contribution in [0.1, 0.15) is 18.0 Å². The second kappa shape index (κ2) is 5.33. The first-order valence-corrected chi connectivity index (χ1v) is 7.77. The van der Waals surface area contributed by atoms with Gasteiger partial charge in [0.15, 0.2) is 0 Å².